The molecule has 0 saturated carbocycles. The van der Waals surface area contributed by atoms with Gasteiger partial charge in [0.1, 0.15) is 9.72 Å². The third-order valence-electron chi connectivity index (χ3n) is 2.60. The molecule has 1 fully saturated rings. The molecule has 0 radical (unpaired) electrons. The largest absolute Gasteiger partial charge is 0.300 e. The summed E-state index contributed by atoms with van der Waals surface area (Å²) in [6, 6.07) is 0. The SMILES string of the molecule is CN1C(=O)C(C)(C)S(C)(SC#N)C1=S. The minimum absolute atomic E-state index is 0.0164. The van der Waals surface area contributed by atoms with Crippen molar-refractivity contribution in [3.05, 3.63) is 0 Å². The fourth-order valence-electron chi connectivity index (χ4n) is 1.35. The fourth-order valence-corrected chi connectivity index (χ4v) is 6.14. The van der Waals surface area contributed by atoms with Gasteiger partial charge >= 0.3 is 0 Å². The van der Waals surface area contributed by atoms with E-state index in [0.29, 0.717) is 4.32 Å². The van der Waals surface area contributed by atoms with Crippen molar-refractivity contribution < 1.29 is 4.79 Å². The molecule has 0 spiro atoms. The number of nitrogens with zero attached hydrogens (tertiary/aromatic N) is 2. The zero-order valence-electron chi connectivity index (χ0n) is 8.53. The van der Waals surface area contributed by atoms with E-state index in [1.54, 1.807) is 7.05 Å². The van der Waals surface area contributed by atoms with Gasteiger partial charge in [-0.15, -0.1) is 9.06 Å². The fraction of sp³-hybridized carbons (Fsp3) is 0.625. The maximum Gasteiger partial charge on any atom is 0.243 e. The Hall–Kier alpha value is -0.250. The highest BCUT2D eigenvalue weighted by Gasteiger charge is 2.55. The predicted molar refractivity (Wildman–Crippen MR) is 66.2 cm³/mol. The Morgan fingerprint density at radius 2 is 2.14 bits per heavy atom. The zero-order chi connectivity index (χ0) is 11.1. The van der Waals surface area contributed by atoms with Crippen LogP contribution in [-0.2, 0) is 4.79 Å². The van der Waals surface area contributed by atoms with Gasteiger partial charge in [0, 0.05) is 17.8 Å². The maximum absolute atomic E-state index is 11.9. The molecular formula is C8H12N2OS3. The minimum Gasteiger partial charge on any atom is -0.300 e. The standard InChI is InChI=1S/C8H12N2OS3/c1-8(2)6(11)10(3)7(12)14(8,4)13-5-9/h1-4H3. The third-order valence-corrected chi connectivity index (χ3v) is 10.6. The van der Waals surface area contributed by atoms with Gasteiger partial charge in [0.2, 0.25) is 5.91 Å². The number of thiocyanates is 1. The number of carbonyl (C=O) groups is 1. The van der Waals surface area contributed by atoms with Crippen molar-refractivity contribution >= 4 is 42.3 Å². The molecule has 0 N–H and O–H groups in total. The molecule has 1 atom stereocenters. The summed E-state index contributed by atoms with van der Waals surface area (Å²) in [6.45, 7) is 3.73. The highest BCUT2D eigenvalue weighted by atomic mass is 33.2. The highest BCUT2D eigenvalue weighted by molar-refractivity contribution is 9.02. The predicted octanol–water partition coefficient (Wildman–Crippen LogP) is 2.09. The monoisotopic (exact) mass is 248 g/mol. The van der Waals surface area contributed by atoms with Crippen molar-refractivity contribution in [3.63, 3.8) is 0 Å². The summed E-state index contributed by atoms with van der Waals surface area (Å²) in [5, 5.41) is 10.8. The van der Waals surface area contributed by atoms with Gasteiger partial charge in [0.15, 0.2) is 0 Å². The van der Waals surface area contributed by atoms with Crippen LogP contribution in [0.3, 0.4) is 0 Å². The number of thiocarbonyl (C=S) groups is 1. The van der Waals surface area contributed by atoms with Gasteiger partial charge in [-0.25, -0.2) is 0 Å². The number of hydrogen-bond acceptors (Lipinski definition) is 4. The zero-order valence-corrected chi connectivity index (χ0v) is 11.0. The van der Waals surface area contributed by atoms with Crippen LogP contribution in [-0.4, -0.2) is 33.2 Å². The van der Waals surface area contributed by atoms with E-state index in [2.05, 4.69) is 5.40 Å². The molecule has 1 amide bonds. The highest BCUT2D eigenvalue weighted by Crippen LogP contribution is 2.70. The summed E-state index contributed by atoms with van der Waals surface area (Å²) in [5.74, 6) is 0.0164. The summed E-state index contributed by atoms with van der Waals surface area (Å²) in [4.78, 5) is 13.4. The number of rotatable bonds is 1. The number of nitriles is 1. The molecule has 1 heterocycles. The Balaban J connectivity index is 3.26. The first kappa shape index (κ1) is 11.8. The lowest BCUT2D eigenvalue weighted by molar-refractivity contribution is -0.127. The Bertz CT molecular complexity index is 347. The van der Waals surface area contributed by atoms with Crippen LogP contribution < -0.4 is 0 Å². The number of hydrogen-bond donors (Lipinski definition) is 0. The molecule has 0 aromatic heterocycles. The van der Waals surface area contributed by atoms with E-state index < -0.39 is 13.8 Å². The molecule has 1 rings (SSSR count). The molecule has 1 saturated heterocycles. The Kier molecular flexibility index (Phi) is 2.87. The van der Waals surface area contributed by atoms with Gasteiger partial charge in [-0.2, -0.15) is 5.26 Å². The van der Waals surface area contributed by atoms with E-state index in [1.165, 1.54) is 4.90 Å². The Morgan fingerprint density at radius 1 is 1.64 bits per heavy atom. The lowest BCUT2D eigenvalue weighted by atomic mass is 10.2. The van der Waals surface area contributed by atoms with E-state index in [4.69, 9.17) is 17.5 Å². The van der Waals surface area contributed by atoms with Crippen LogP contribution in [0.1, 0.15) is 13.8 Å². The summed E-state index contributed by atoms with van der Waals surface area (Å²) in [6.07, 6.45) is 1.94. The first-order valence-electron chi connectivity index (χ1n) is 3.96. The van der Waals surface area contributed by atoms with Crippen LogP contribution in [0.25, 0.3) is 0 Å². The Morgan fingerprint density at radius 3 is 2.43 bits per heavy atom. The van der Waals surface area contributed by atoms with E-state index in [0.717, 1.165) is 10.8 Å². The van der Waals surface area contributed by atoms with Crippen LogP contribution in [0.5, 0.6) is 0 Å². The average Bonchev–Trinajstić information content (AvgIpc) is 2.22. The van der Waals surface area contributed by atoms with Gasteiger partial charge in [0.05, 0.1) is 4.75 Å². The molecule has 1 aliphatic rings. The smallest absolute Gasteiger partial charge is 0.243 e. The van der Waals surface area contributed by atoms with Crippen molar-refractivity contribution in [1.29, 1.82) is 5.26 Å². The van der Waals surface area contributed by atoms with E-state index in [9.17, 15) is 4.79 Å². The van der Waals surface area contributed by atoms with E-state index in [-0.39, 0.29) is 5.91 Å². The van der Waals surface area contributed by atoms with Gasteiger partial charge in [0.25, 0.3) is 0 Å². The van der Waals surface area contributed by atoms with Crippen molar-refractivity contribution in [2.75, 3.05) is 13.3 Å². The second-order valence-electron chi connectivity index (χ2n) is 3.66. The summed E-state index contributed by atoms with van der Waals surface area (Å²) >= 11 is 5.24. The van der Waals surface area contributed by atoms with Crippen LogP contribution in [0, 0.1) is 10.7 Å². The first-order valence-corrected chi connectivity index (χ1v) is 7.75. The van der Waals surface area contributed by atoms with Gasteiger partial charge in [-0.3, -0.25) is 4.79 Å². The molecule has 0 aliphatic carbocycles. The summed E-state index contributed by atoms with van der Waals surface area (Å²) in [7, 11) is 1.29. The topological polar surface area (TPSA) is 44.1 Å². The molecule has 0 aromatic rings. The molecule has 14 heavy (non-hydrogen) atoms. The van der Waals surface area contributed by atoms with E-state index >= 15 is 0 Å². The van der Waals surface area contributed by atoms with Crippen LogP contribution in [0.15, 0.2) is 0 Å². The summed E-state index contributed by atoms with van der Waals surface area (Å²) in [5.41, 5.74) is 0. The maximum atomic E-state index is 11.9. The van der Waals surface area contributed by atoms with Crippen LogP contribution >= 0.6 is 32.1 Å². The minimum atomic E-state index is -1.55. The molecule has 3 nitrogen and oxygen atoms in total. The van der Waals surface area contributed by atoms with Gasteiger partial charge < -0.3 is 4.90 Å². The molecule has 1 unspecified atom stereocenters. The third kappa shape index (κ3) is 1.27. The van der Waals surface area contributed by atoms with Crippen molar-refractivity contribution in [1.82, 2.24) is 4.90 Å². The quantitative estimate of drug-likeness (QED) is 0.405. The molecule has 0 bridgehead atoms. The van der Waals surface area contributed by atoms with Crippen molar-refractivity contribution in [2.24, 2.45) is 0 Å². The lowest BCUT2D eigenvalue weighted by Crippen LogP contribution is -2.34. The normalized spacial score (nSPS) is 35.2. The lowest BCUT2D eigenvalue weighted by Gasteiger charge is -2.36. The summed E-state index contributed by atoms with van der Waals surface area (Å²) < 4.78 is 0.0956. The molecular weight excluding hydrogens is 236 g/mol. The average molecular weight is 248 g/mol. The van der Waals surface area contributed by atoms with Crippen molar-refractivity contribution in [3.8, 4) is 5.40 Å². The molecule has 1 aliphatic heterocycles. The number of amides is 1. The first-order chi connectivity index (χ1) is 6.29. The van der Waals surface area contributed by atoms with Gasteiger partial charge in [-0.1, -0.05) is 12.2 Å². The van der Waals surface area contributed by atoms with Gasteiger partial charge in [-0.05, 0) is 20.1 Å². The second kappa shape index (κ2) is 3.40. The van der Waals surface area contributed by atoms with Crippen LogP contribution in [0.2, 0.25) is 0 Å². The second-order valence-corrected chi connectivity index (χ2v) is 10.2. The van der Waals surface area contributed by atoms with Crippen molar-refractivity contribution in [2.45, 2.75) is 18.6 Å². The molecule has 6 heteroatoms. The van der Waals surface area contributed by atoms with Crippen LogP contribution in [0.4, 0.5) is 0 Å². The Labute approximate surface area is 94.5 Å². The van der Waals surface area contributed by atoms with E-state index in [1.807, 2.05) is 20.1 Å². The number of carbonyl (C=O) groups excluding carboxylic acids is 1. The molecule has 0 aromatic carbocycles. The molecule has 78 valence electrons.